The fraction of sp³-hybridized carbons (Fsp3) is 0.583. The second-order valence-corrected chi connectivity index (χ2v) is 4.36. The third-order valence-electron chi connectivity index (χ3n) is 3.00. The Hall–Kier alpha value is -1.65. The van der Waals surface area contributed by atoms with Crippen molar-refractivity contribution in [3.8, 4) is 5.88 Å². The molecule has 1 aromatic heterocycles. The minimum Gasteiger partial charge on any atom is -0.473 e. The van der Waals surface area contributed by atoms with Crippen LogP contribution in [0, 0.1) is 5.41 Å². The average Bonchev–Trinajstić information content (AvgIpc) is 2.58. The molecule has 1 saturated carbocycles. The first kappa shape index (κ1) is 11.8. The first-order valence-corrected chi connectivity index (χ1v) is 6.09. The third kappa shape index (κ3) is 3.15. The van der Waals surface area contributed by atoms with E-state index in [4.69, 9.17) is 15.9 Å². The Bertz CT molecular complexity index is 386. The second-order valence-electron chi connectivity index (χ2n) is 4.36. The summed E-state index contributed by atoms with van der Waals surface area (Å²) in [6.07, 6.45) is 10.3. The summed E-state index contributed by atoms with van der Waals surface area (Å²) in [5.74, 6) is 0.300. The molecule has 0 radical (unpaired) electrons. The van der Waals surface area contributed by atoms with Gasteiger partial charge in [-0.25, -0.2) is 9.97 Å². The van der Waals surface area contributed by atoms with Crippen molar-refractivity contribution in [1.29, 1.82) is 5.41 Å². The van der Waals surface area contributed by atoms with Gasteiger partial charge in [0.1, 0.15) is 11.9 Å². The summed E-state index contributed by atoms with van der Waals surface area (Å²) in [4.78, 5) is 8.15. The maximum Gasteiger partial charge on any atom is 0.244 e. The number of nitrogen functional groups attached to an aromatic ring is 1. The molecule has 0 aliphatic heterocycles. The van der Waals surface area contributed by atoms with Crippen LogP contribution >= 0.6 is 0 Å². The summed E-state index contributed by atoms with van der Waals surface area (Å²) in [5.41, 5.74) is 5.80. The molecule has 17 heavy (non-hydrogen) atoms. The van der Waals surface area contributed by atoms with Gasteiger partial charge < -0.3 is 10.5 Å². The highest BCUT2D eigenvalue weighted by atomic mass is 16.5. The summed E-state index contributed by atoms with van der Waals surface area (Å²) in [6, 6.07) is 0. The molecule has 0 spiro atoms. The van der Waals surface area contributed by atoms with Crippen LogP contribution in [0.25, 0.3) is 0 Å². The number of hydrogen-bond donors (Lipinski definition) is 2. The molecule has 0 saturated heterocycles. The Morgan fingerprint density at radius 1 is 1.18 bits per heavy atom. The average molecular weight is 234 g/mol. The number of aromatic nitrogens is 2. The molecule has 0 aromatic carbocycles. The zero-order valence-electron chi connectivity index (χ0n) is 9.85. The van der Waals surface area contributed by atoms with Gasteiger partial charge in [0, 0.05) is 12.4 Å². The molecule has 92 valence electrons. The molecule has 1 aliphatic carbocycles. The molecule has 1 aliphatic rings. The van der Waals surface area contributed by atoms with E-state index in [1.54, 1.807) is 6.20 Å². The predicted octanol–water partition coefficient (Wildman–Crippen LogP) is 1.86. The van der Waals surface area contributed by atoms with Gasteiger partial charge in [-0.05, 0) is 25.7 Å². The first-order valence-electron chi connectivity index (χ1n) is 6.09. The first-order chi connectivity index (χ1) is 8.27. The van der Waals surface area contributed by atoms with E-state index in [0.717, 1.165) is 12.8 Å². The Morgan fingerprint density at radius 3 is 2.47 bits per heavy atom. The summed E-state index contributed by atoms with van der Waals surface area (Å²) < 4.78 is 5.83. The molecule has 0 amide bonds. The largest absolute Gasteiger partial charge is 0.473 e. The lowest BCUT2D eigenvalue weighted by molar-refractivity contribution is 0.175. The van der Waals surface area contributed by atoms with Gasteiger partial charge in [-0.1, -0.05) is 12.8 Å². The van der Waals surface area contributed by atoms with E-state index in [1.165, 1.54) is 31.9 Å². The Labute approximate surface area is 101 Å². The third-order valence-corrected chi connectivity index (χ3v) is 3.00. The molecule has 0 bridgehead atoms. The van der Waals surface area contributed by atoms with Gasteiger partial charge in [0.05, 0.1) is 0 Å². The number of ether oxygens (including phenoxy) is 1. The van der Waals surface area contributed by atoms with E-state index >= 15 is 0 Å². The highest BCUT2D eigenvalue weighted by Crippen LogP contribution is 2.22. The molecule has 0 unspecified atom stereocenters. The number of rotatable bonds is 3. The molecule has 5 nitrogen and oxygen atoms in total. The predicted molar refractivity (Wildman–Crippen MR) is 65.2 cm³/mol. The Balaban J connectivity index is 2.09. The van der Waals surface area contributed by atoms with Crippen molar-refractivity contribution in [2.24, 2.45) is 5.73 Å². The van der Waals surface area contributed by atoms with Crippen LogP contribution in [0.1, 0.15) is 44.2 Å². The Morgan fingerprint density at radius 2 is 1.82 bits per heavy atom. The standard InChI is InChI=1S/C12H18N4O/c13-11(14)10-12(16-8-7-15-10)17-9-5-3-1-2-4-6-9/h7-9H,1-6H2,(H3,13,14). The van der Waals surface area contributed by atoms with Crippen molar-refractivity contribution in [1.82, 2.24) is 9.97 Å². The quantitative estimate of drug-likeness (QED) is 0.475. The van der Waals surface area contributed by atoms with Crippen LogP contribution in [0.4, 0.5) is 0 Å². The van der Waals surface area contributed by atoms with Gasteiger partial charge in [-0.3, -0.25) is 5.41 Å². The van der Waals surface area contributed by atoms with Crippen LogP contribution in [0.15, 0.2) is 12.4 Å². The van der Waals surface area contributed by atoms with E-state index in [1.807, 2.05) is 0 Å². The van der Waals surface area contributed by atoms with Crippen LogP contribution in [-0.2, 0) is 0 Å². The van der Waals surface area contributed by atoms with E-state index in [-0.39, 0.29) is 11.9 Å². The number of nitrogens with one attached hydrogen (secondary N) is 1. The van der Waals surface area contributed by atoms with Gasteiger partial charge in [0.15, 0.2) is 5.69 Å². The molecular formula is C12H18N4O. The minimum atomic E-state index is -0.0956. The lowest BCUT2D eigenvalue weighted by Crippen LogP contribution is -2.21. The molecule has 1 fully saturated rings. The van der Waals surface area contributed by atoms with Crippen molar-refractivity contribution in [3.63, 3.8) is 0 Å². The van der Waals surface area contributed by atoms with Crippen molar-refractivity contribution < 1.29 is 4.74 Å². The second kappa shape index (κ2) is 5.61. The zero-order chi connectivity index (χ0) is 12.1. The number of hydrogen-bond acceptors (Lipinski definition) is 4. The molecule has 1 heterocycles. The number of nitrogens with two attached hydrogens (primary N) is 1. The molecule has 3 N–H and O–H groups in total. The summed E-state index contributed by atoms with van der Waals surface area (Å²) in [5, 5.41) is 7.43. The van der Waals surface area contributed by atoms with Crippen LogP contribution in [0.3, 0.4) is 0 Å². The summed E-state index contributed by atoms with van der Waals surface area (Å²) in [6.45, 7) is 0. The lowest BCUT2D eigenvalue weighted by Gasteiger charge is -2.17. The van der Waals surface area contributed by atoms with E-state index in [0.29, 0.717) is 11.6 Å². The van der Waals surface area contributed by atoms with Crippen molar-refractivity contribution >= 4 is 5.84 Å². The monoisotopic (exact) mass is 234 g/mol. The smallest absolute Gasteiger partial charge is 0.244 e. The van der Waals surface area contributed by atoms with E-state index in [9.17, 15) is 0 Å². The van der Waals surface area contributed by atoms with Crippen LogP contribution < -0.4 is 10.5 Å². The summed E-state index contributed by atoms with van der Waals surface area (Å²) >= 11 is 0. The van der Waals surface area contributed by atoms with Crippen molar-refractivity contribution in [2.45, 2.75) is 44.6 Å². The van der Waals surface area contributed by atoms with Gasteiger partial charge in [0.2, 0.25) is 5.88 Å². The fourth-order valence-corrected chi connectivity index (χ4v) is 2.11. The van der Waals surface area contributed by atoms with Crippen LogP contribution in [0.5, 0.6) is 5.88 Å². The van der Waals surface area contributed by atoms with Gasteiger partial charge in [-0.15, -0.1) is 0 Å². The van der Waals surface area contributed by atoms with E-state index < -0.39 is 0 Å². The summed E-state index contributed by atoms with van der Waals surface area (Å²) in [7, 11) is 0. The van der Waals surface area contributed by atoms with Gasteiger partial charge in [0.25, 0.3) is 0 Å². The minimum absolute atomic E-state index is 0.0956. The lowest BCUT2D eigenvalue weighted by atomic mass is 10.1. The Kier molecular flexibility index (Phi) is 3.90. The normalized spacial score (nSPS) is 17.4. The van der Waals surface area contributed by atoms with E-state index in [2.05, 4.69) is 9.97 Å². The topological polar surface area (TPSA) is 84.9 Å². The molecule has 2 rings (SSSR count). The molecule has 5 heteroatoms. The maximum absolute atomic E-state index is 7.43. The maximum atomic E-state index is 7.43. The van der Waals surface area contributed by atoms with Crippen LogP contribution in [-0.4, -0.2) is 21.9 Å². The van der Waals surface area contributed by atoms with Crippen molar-refractivity contribution in [3.05, 3.63) is 18.1 Å². The van der Waals surface area contributed by atoms with Gasteiger partial charge in [-0.2, -0.15) is 0 Å². The van der Waals surface area contributed by atoms with Gasteiger partial charge >= 0.3 is 0 Å². The van der Waals surface area contributed by atoms with Crippen LogP contribution in [0.2, 0.25) is 0 Å². The molecule has 0 atom stereocenters. The number of nitrogens with zero attached hydrogens (tertiary/aromatic N) is 2. The number of amidine groups is 1. The highest BCUT2D eigenvalue weighted by Gasteiger charge is 2.17. The highest BCUT2D eigenvalue weighted by molar-refractivity contribution is 5.94. The zero-order valence-corrected chi connectivity index (χ0v) is 9.85. The fourth-order valence-electron chi connectivity index (χ4n) is 2.11. The van der Waals surface area contributed by atoms with Crippen molar-refractivity contribution in [2.75, 3.05) is 0 Å². The SMILES string of the molecule is N=C(N)c1nccnc1OC1CCCCCC1. The molecular weight excluding hydrogens is 216 g/mol. The molecule has 1 aromatic rings.